The predicted octanol–water partition coefficient (Wildman–Crippen LogP) is 9.76. The Morgan fingerprint density at radius 2 is 1.31 bits per heavy atom. The van der Waals surface area contributed by atoms with Crippen LogP contribution in [0, 0.1) is 23.5 Å². The fourth-order valence-electron chi connectivity index (χ4n) is 10.6. The highest BCUT2D eigenvalue weighted by Crippen LogP contribution is 2.48. The number of carbonyl (C=O) groups excluding carboxylic acids is 4. The van der Waals surface area contributed by atoms with Crippen LogP contribution in [0.1, 0.15) is 88.6 Å². The van der Waals surface area contributed by atoms with Gasteiger partial charge in [0, 0.05) is 61.3 Å². The number of carbonyl (C=O) groups is 4. The number of aliphatic imine (C=N–C) groups is 2. The minimum atomic E-state index is -0.797. The Labute approximate surface area is 419 Å². The van der Waals surface area contributed by atoms with Crippen LogP contribution in [0.5, 0.6) is 5.75 Å². The van der Waals surface area contributed by atoms with E-state index in [9.17, 15) is 23.6 Å². The van der Waals surface area contributed by atoms with Gasteiger partial charge in [-0.2, -0.15) is 0 Å². The molecule has 0 aliphatic carbocycles. The average molecular weight is 999 g/mol. The SMILES string of the molecule is COC(=O)N[C@H](C(=O)N1CCC[C@H]1C1=NC=C(c2cc(F)c3c(c2)OC(c2ncc(-c4ccc(F)cc4)s2)n2c-3cc3cc(C4=CN=C([C@@H]5CCCN5C(=O)[C@@H](NC(=O)OC)C(C)C)C4)ccc32)C1)C(C)C. The summed E-state index contributed by atoms with van der Waals surface area (Å²) in [5.41, 5.74) is 7.44. The molecule has 0 saturated carbocycles. The Morgan fingerprint density at radius 1 is 0.736 bits per heavy atom. The van der Waals surface area contributed by atoms with Crippen LogP contribution >= 0.6 is 11.3 Å². The highest BCUT2D eigenvalue weighted by Gasteiger charge is 2.41. The molecule has 5 aliphatic heterocycles. The van der Waals surface area contributed by atoms with Gasteiger partial charge >= 0.3 is 12.2 Å². The number of alkyl carbamates (subject to hydrolysis) is 2. The molecule has 5 aliphatic rings. The maximum Gasteiger partial charge on any atom is 0.407 e. The molecule has 4 amide bonds. The van der Waals surface area contributed by atoms with Crippen molar-refractivity contribution >= 4 is 68.8 Å². The van der Waals surface area contributed by atoms with Crippen molar-refractivity contribution in [2.75, 3.05) is 27.3 Å². The molecule has 7 heterocycles. The standard InChI is InChI=1S/C54H56F2N8O7S/c1-28(2)47(60-53(67)69-5)50(65)62-17-7-9-41(62)38-21-34(25-57-38)31-13-16-40-33(19-31)23-43-46-37(56)20-32(24-44(46)71-52(64(40)43)49-59-27-45(72-49)30-11-14-36(55)15-12-30)35-22-39(58-26-35)42-10-8-18-63(42)51(66)48(29(3)4)61-54(68)70-6/h11-16,19-20,23-29,41-42,47-48,52H,7-10,17-18,21-22H2,1-6H3,(H,60,67)(H,61,68)/t41-,42-,47-,48-,52?/m0/s1. The molecule has 2 N–H and O–H groups in total. The maximum absolute atomic E-state index is 17.0. The van der Waals surface area contributed by atoms with Crippen molar-refractivity contribution in [2.24, 2.45) is 21.8 Å². The molecule has 0 bridgehead atoms. The van der Waals surface area contributed by atoms with Crippen molar-refractivity contribution < 1.29 is 42.2 Å². The van der Waals surface area contributed by atoms with Gasteiger partial charge in [0.1, 0.15) is 29.5 Å². The normalized spacial score (nSPS) is 20.1. The molecular weight excluding hydrogens is 943 g/mol. The monoisotopic (exact) mass is 998 g/mol. The van der Waals surface area contributed by atoms with E-state index < -0.39 is 36.3 Å². The van der Waals surface area contributed by atoms with Crippen molar-refractivity contribution in [1.82, 2.24) is 30.0 Å². The maximum atomic E-state index is 17.0. The summed E-state index contributed by atoms with van der Waals surface area (Å²) in [5.74, 6) is -1.18. The van der Waals surface area contributed by atoms with Gasteiger partial charge in [0.15, 0.2) is 5.01 Å². The zero-order chi connectivity index (χ0) is 50.5. The van der Waals surface area contributed by atoms with E-state index >= 15 is 4.39 Å². The Bertz CT molecular complexity index is 3120. The van der Waals surface area contributed by atoms with Crippen molar-refractivity contribution in [2.45, 2.75) is 96.6 Å². The lowest BCUT2D eigenvalue weighted by Crippen LogP contribution is -2.53. The minimum absolute atomic E-state index is 0.152. The number of thiazole rings is 1. The van der Waals surface area contributed by atoms with Gasteiger partial charge in [0.05, 0.1) is 48.0 Å². The van der Waals surface area contributed by atoms with E-state index in [1.54, 1.807) is 29.4 Å². The van der Waals surface area contributed by atoms with Gasteiger partial charge in [-0.1, -0.05) is 45.9 Å². The van der Waals surface area contributed by atoms with Gasteiger partial charge in [0.2, 0.25) is 18.0 Å². The van der Waals surface area contributed by atoms with Crippen LogP contribution in [-0.4, -0.2) is 106 Å². The fraction of sp³-hybridized carbons (Fsp3) is 0.389. The predicted molar refractivity (Wildman–Crippen MR) is 271 cm³/mol. The number of rotatable bonds is 12. The van der Waals surface area contributed by atoms with Gasteiger partial charge in [-0.3, -0.25) is 24.1 Å². The number of halogens is 2. The highest BCUT2D eigenvalue weighted by atomic mass is 32.1. The first kappa shape index (κ1) is 48.4. The number of methoxy groups -OCH3 is 2. The number of hydrogen-bond donors (Lipinski definition) is 2. The Balaban J connectivity index is 0.939. The number of nitrogens with one attached hydrogen (secondary N) is 2. The van der Waals surface area contributed by atoms with Crippen LogP contribution in [0.25, 0.3) is 43.7 Å². The van der Waals surface area contributed by atoms with Gasteiger partial charge < -0.3 is 34.6 Å². The third kappa shape index (κ3) is 9.05. The van der Waals surface area contributed by atoms with E-state index in [1.807, 2.05) is 67.6 Å². The van der Waals surface area contributed by atoms with Crippen LogP contribution in [0.2, 0.25) is 0 Å². The molecule has 1 unspecified atom stereocenters. The van der Waals surface area contributed by atoms with E-state index in [2.05, 4.69) is 16.7 Å². The lowest BCUT2D eigenvalue weighted by Gasteiger charge is -2.31. The highest BCUT2D eigenvalue weighted by molar-refractivity contribution is 7.15. The van der Waals surface area contributed by atoms with Crippen LogP contribution in [0.15, 0.2) is 89.2 Å². The summed E-state index contributed by atoms with van der Waals surface area (Å²) in [6, 6.07) is 15.6. The third-order valence-corrected chi connectivity index (χ3v) is 15.4. The topological polar surface area (TPSA) is 169 Å². The number of benzene rings is 3. The number of likely N-dealkylation sites (tertiary alicyclic amines) is 2. The van der Waals surface area contributed by atoms with Crippen LogP contribution in [0.3, 0.4) is 0 Å². The first-order valence-electron chi connectivity index (χ1n) is 24.4. The van der Waals surface area contributed by atoms with Crippen LogP contribution in [0.4, 0.5) is 18.4 Å². The first-order chi connectivity index (χ1) is 34.7. The summed E-state index contributed by atoms with van der Waals surface area (Å²) in [6.07, 6.45) is 7.19. The number of nitrogens with zero attached hydrogens (tertiary/aromatic N) is 6. The lowest BCUT2D eigenvalue weighted by molar-refractivity contribution is -0.134. The van der Waals surface area contributed by atoms with E-state index in [1.165, 1.54) is 43.8 Å². The van der Waals surface area contributed by atoms with Crippen molar-refractivity contribution in [3.63, 3.8) is 0 Å². The molecule has 2 aromatic heterocycles. The molecule has 5 atom stereocenters. The molecule has 0 spiro atoms. The van der Waals surface area contributed by atoms with Gasteiger partial charge in [-0.25, -0.2) is 23.4 Å². The second-order valence-corrected chi connectivity index (χ2v) is 20.6. The number of allylic oxidation sites excluding steroid dienone is 2. The quantitative estimate of drug-likeness (QED) is 0.125. The number of fused-ring (bicyclic) bond motifs is 5. The zero-order valence-corrected chi connectivity index (χ0v) is 41.7. The molecule has 18 heteroatoms. The first-order valence-corrected chi connectivity index (χ1v) is 25.2. The second-order valence-electron chi connectivity index (χ2n) is 19.5. The summed E-state index contributed by atoms with van der Waals surface area (Å²) >= 11 is 1.41. The van der Waals surface area contributed by atoms with Gasteiger partial charge in [-0.05, 0) is 108 Å². The summed E-state index contributed by atoms with van der Waals surface area (Å²) in [4.78, 5) is 71.0. The summed E-state index contributed by atoms with van der Waals surface area (Å²) < 4.78 is 49.5. The van der Waals surface area contributed by atoms with Crippen molar-refractivity contribution in [3.05, 3.63) is 107 Å². The van der Waals surface area contributed by atoms with Gasteiger partial charge in [-0.15, -0.1) is 11.3 Å². The molecule has 72 heavy (non-hydrogen) atoms. The molecule has 374 valence electrons. The fourth-order valence-corrected chi connectivity index (χ4v) is 11.6. The van der Waals surface area contributed by atoms with Gasteiger partial charge in [0.25, 0.3) is 0 Å². The van der Waals surface area contributed by atoms with Crippen LogP contribution in [-0.2, 0) is 19.1 Å². The Kier molecular flexibility index (Phi) is 13.3. The van der Waals surface area contributed by atoms with E-state index in [-0.39, 0.29) is 41.6 Å². The lowest BCUT2D eigenvalue weighted by atomic mass is 9.95. The summed E-state index contributed by atoms with van der Waals surface area (Å²) in [7, 11) is 2.54. The number of amides is 4. The van der Waals surface area contributed by atoms with E-state index in [0.29, 0.717) is 59.9 Å². The molecule has 2 saturated heterocycles. The largest absolute Gasteiger partial charge is 0.462 e. The zero-order valence-electron chi connectivity index (χ0n) is 40.9. The molecule has 2 fully saturated rings. The molecular formula is C54H56F2N8O7S. The molecule has 15 nitrogen and oxygen atoms in total. The Hall–Kier alpha value is -7.21. The van der Waals surface area contributed by atoms with Crippen molar-refractivity contribution in [1.29, 1.82) is 0 Å². The minimum Gasteiger partial charge on any atom is -0.462 e. The Morgan fingerprint density at radius 3 is 1.88 bits per heavy atom. The second kappa shape index (κ2) is 19.8. The molecule has 0 radical (unpaired) electrons. The molecule has 3 aromatic carbocycles. The van der Waals surface area contributed by atoms with E-state index in [0.717, 1.165) is 68.7 Å². The third-order valence-electron chi connectivity index (χ3n) is 14.4. The number of ether oxygens (including phenoxy) is 3. The van der Waals surface area contributed by atoms with E-state index in [4.69, 9.17) is 29.2 Å². The molecule has 5 aromatic rings. The van der Waals surface area contributed by atoms with Crippen LogP contribution < -0.4 is 15.4 Å². The molecule has 10 rings (SSSR count). The summed E-state index contributed by atoms with van der Waals surface area (Å²) in [5, 5.41) is 6.87. The summed E-state index contributed by atoms with van der Waals surface area (Å²) in [6.45, 7) is 8.61. The smallest absolute Gasteiger partial charge is 0.407 e. The van der Waals surface area contributed by atoms with Crippen molar-refractivity contribution in [3.8, 4) is 27.4 Å². The average Bonchev–Trinajstić information content (AvgIpc) is 4.24. The number of aromatic nitrogens is 2. The number of hydrogen-bond acceptors (Lipinski definition) is 11.